The third-order valence-corrected chi connectivity index (χ3v) is 5.13. The zero-order valence-electron chi connectivity index (χ0n) is 16.5. The van der Waals surface area contributed by atoms with Gasteiger partial charge in [0.15, 0.2) is 0 Å². The van der Waals surface area contributed by atoms with Crippen molar-refractivity contribution in [2.75, 3.05) is 5.32 Å². The smallest absolute Gasteiger partial charge is 0.249 e. The molecule has 0 aliphatic heterocycles. The van der Waals surface area contributed by atoms with Gasteiger partial charge < -0.3 is 14.6 Å². The molecule has 8 heteroatoms. The normalized spacial score (nSPS) is 10.8. The molecule has 30 heavy (non-hydrogen) atoms. The fraction of sp³-hybridized carbons (Fsp3) is 0.136. The molecule has 1 N–H and O–H groups in total. The van der Waals surface area contributed by atoms with Gasteiger partial charge in [-0.2, -0.15) is 10.2 Å². The number of anilines is 2. The van der Waals surface area contributed by atoms with Crippen LogP contribution in [0.5, 0.6) is 11.6 Å². The third-order valence-electron chi connectivity index (χ3n) is 4.63. The van der Waals surface area contributed by atoms with E-state index >= 15 is 0 Å². The average Bonchev–Trinajstić information content (AvgIpc) is 2.99. The minimum absolute atomic E-state index is 0.333. The van der Waals surface area contributed by atoms with Crippen molar-refractivity contribution in [3.63, 3.8) is 0 Å². The highest BCUT2D eigenvalue weighted by Crippen LogP contribution is 2.36. The van der Waals surface area contributed by atoms with Gasteiger partial charge in [0.25, 0.3) is 0 Å². The Morgan fingerprint density at radius 3 is 2.37 bits per heavy atom. The van der Waals surface area contributed by atoms with Crippen LogP contribution in [0.3, 0.4) is 0 Å². The van der Waals surface area contributed by atoms with E-state index in [2.05, 4.69) is 21.4 Å². The molecule has 4 aromatic rings. The molecule has 0 saturated heterocycles. The van der Waals surface area contributed by atoms with Gasteiger partial charge >= 0.3 is 0 Å². The fourth-order valence-electron chi connectivity index (χ4n) is 3.25. The van der Waals surface area contributed by atoms with E-state index in [0.29, 0.717) is 44.2 Å². The van der Waals surface area contributed by atoms with E-state index in [1.807, 2.05) is 37.6 Å². The van der Waals surface area contributed by atoms with Crippen LogP contribution in [0.4, 0.5) is 11.6 Å². The second-order valence-electron chi connectivity index (χ2n) is 6.92. The molecule has 0 fully saturated rings. The predicted molar refractivity (Wildman–Crippen MR) is 119 cm³/mol. The lowest BCUT2D eigenvalue weighted by Crippen LogP contribution is -2.02. The van der Waals surface area contributed by atoms with Crippen molar-refractivity contribution in [2.45, 2.75) is 13.8 Å². The van der Waals surface area contributed by atoms with Crippen LogP contribution in [0.2, 0.25) is 10.0 Å². The molecular weight excluding hydrogens is 421 g/mol. The zero-order chi connectivity index (χ0) is 21.4. The van der Waals surface area contributed by atoms with E-state index in [9.17, 15) is 0 Å². The molecule has 0 aliphatic carbocycles. The number of hydrogen-bond donors (Lipinski definition) is 1. The van der Waals surface area contributed by atoms with Crippen LogP contribution < -0.4 is 10.1 Å². The molecule has 2 aromatic carbocycles. The molecule has 0 amide bonds. The standard InChI is InChI=1S/C22H17Cl2N5O/c1-12-8-15(23)9-13(2)20(12)30-21-19-18(17(24)11-29(19)3)27-22(28-21)26-16-6-4-14(10-25)5-7-16/h4-9,11H,1-3H3,(H,26,27,28). The molecule has 0 unspecified atom stereocenters. The summed E-state index contributed by atoms with van der Waals surface area (Å²) < 4.78 is 8.08. The highest BCUT2D eigenvalue weighted by molar-refractivity contribution is 6.35. The molecule has 2 heterocycles. The zero-order valence-corrected chi connectivity index (χ0v) is 18.0. The highest BCUT2D eigenvalue weighted by atomic mass is 35.5. The Bertz CT molecular complexity index is 1280. The van der Waals surface area contributed by atoms with Crippen LogP contribution >= 0.6 is 23.2 Å². The largest absolute Gasteiger partial charge is 0.436 e. The summed E-state index contributed by atoms with van der Waals surface area (Å²) in [5, 5.41) is 13.3. The van der Waals surface area contributed by atoms with Gasteiger partial charge in [-0.15, -0.1) is 0 Å². The molecule has 0 bridgehead atoms. The van der Waals surface area contributed by atoms with Gasteiger partial charge in [-0.25, -0.2) is 4.98 Å². The topological polar surface area (TPSA) is 75.8 Å². The summed E-state index contributed by atoms with van der Waals surface area (Å²) in [6.45, 7) is 3.86. The first-order valence-electron chi connectivity index (χ1n) is 9.10. The summed E-state index contributed by atoms with van der Waals surface area (Å²) in [6, 6.07) is 12.8. The summed E-state index contributed by atoms with van der Waals surface area (Å²) in [5.41, 5.74) is 4.36. The SMILES string of the molecule is Cc1cc(Cl)cc(C)c1Oc1nc(Nc2ccc(C#N)cc2)nc2c(Cl)cn(C)c12. The van der Waals surface area contributed by atoms with E-state index < -0.39 is 0 Å². The number of nitrogens with zero attached hydrogens (tertiary/aromatic N) is 4. The lowest BCUT2D eigenvalue weighted by molar-refractivity contribution is 0.459. The van der Waals surface area contributed by atoms with Gasteiger partial charge in [-0.05, 0) is 61.4 Å². The first-order chi connectivity index (χ1) is 14.4. The molecule has 0 atom stereocenters. The van der Waals surface area contributed by atoms with Crippen molar-refractivity contribution < 1.29 is 4.74 Å². The lowest BCUT2D eigenvalue weighted by atomic mass is 10.1. The Morgan fingerprint density at radius 1 is 1.07 bits per heavy atom. The van der Waals surface area contributed by atoms with Crippen molar-refractivity contribution in [3.05, 3.63) is 69.3 Å². The number of benzene rings is 2. The number of nitriles is 1. The van der Waals surface area contributed by atoms with Crippen LogP contribution in [0, 0.1) is 25.2 Å². The van der Waals surface area contributed by atoms with Gasteiger partial charge in [0.05, 0.1) is 16.7 Å². The van der Waals surface area contributed by atoms with Crippen molar-refractivity contribution in [3.8, 4) is 17.7 Å². The lowest BCUT2D eigenvalue weighted by Gasteiger charge is -2.14. The second kappa shape index (κ2) is 7.86. The molecule has 0 spiro atoms. The molecule has 150 valence electrons. The number of rotatable bonds is 4. The van der Waals surface area contributed by atoms with Gasteiger partial charge in [0.1, 0.15) is 16.8 Å². The van der Waals surface area contributed by atoms with Crippen LogP contribution in [-0.4, -0.2) is 14.5 Å². The first kappa shape index (κ1) is 20.0. The van der Waals surface area contributed by atoms with Crippen molar-refractivity contribution in [1.82, 2.24) is 14.5 Å². The van der Waals surface area contributed by atoms with E-state index in [1.54, 1.807) is 30.5 Å². The number of fused-ring (bicyclic) bond motifs is 1. The fourth-order valence-corrected chi connectivity index (χ4v) is 3.86. The van der Waals surface area contributed by atoms with Crippen LogP contribution in [0.15, 0.2) is 42.6 Å². The minimum atomic E-state index is 0.333. The molecule has 0 aliphatic rings. The van der Waals surface area contributed by atoms with Crippen LogP contribution in [-0.2, 0) is 7.05 Å². The molecule has 6 nitrogen and oxygen atoms in total. The Kier molecular flexibility index (Phi) is 5.25. The summed E-state index contributed by atoms with van der Waals surface area (Å²) in [4.78, 5) is 9.14. The summed E-state index contributed by atoms with van der Waals surface area (Å²) in [5.74, 6) is 1.39. The molecule has 0 radical (unpaired) electrons. The number of nitrogens with one attached hydrogen (secondary N) is 1. The Hall–Kier alpha value is -3.27. The van der Waals surface area contributed by atoms with E-state index in [0.717, 1.165) is 16.8 Å². The van der Waals surface area contributed by atoms with Gasteiger partial charge in [0.2, 0.25) is 11.8 Å². The maximum atomic E-state index is 8.97. The summed E-state index contributed by atoms with van der Waals surface area (Å²) in [6.07, 6.45) is 1.76. The van der Waals surface area contributed by atoms with Gasteiger partial charge in [-0.1, -0.05) is 23.2 Å². The number of hydrogen-bond acceptors (Lipinski definition) is 5. The average molecular weight is 438 g/mol. The molecule has 0 saturated carbocycles. The van der Waals surface area contributed by atoms with Crippen LogP contribution in [0.25, 0.3) is 11.0 Å². The predicted octanol–water partition coefficient (Wildman–Crippen LogP) is 6.30. The van der Waals surface area contributed by atoms with E-state index in [-0.39, 0.29) is 0 Å². The number of ether oxygens (including phenoxy) is 1. The van der Waals surface area contributed by atoms with Crippen molar-refractivity contribution in [1.29, 1.82) is 5.26 Å². The molecule has 4 rings (SSSR count). The number of halogens is 2. The number of aryl methyl sites for hydroxylation is 3. The number of aromatic nitrogens is 3. The summed E-state index contributed by atoms with van der Waals surface area (Å²) >= 11 is 12.6. The maximum absolute atomic E-state index is 8.97. The van der Waals surface area contributed by atoms with E-state index in [4.69, 9.17) is 33.2 Å². The molecule has 2 aromatic heterocycles. The Labute approximate surface area is 183 Å². The highest BCUT2D eigenvalue weighted by Gasteiger charge is 2.18. The summed E-state index contributed by atoms with van der Waals surface area (Å²) in [7, 11) is 1.86. The van der Waals surface area contributed by atoms with Crippen molar-refractivity contribution in [2.24, 2.45) is 7.05 Å². The Balaban J connectivity index is 1.81. The molecular formula is C22H17Cl2N5O. The quantitative estimate of drug-likeness (QED) is 0.405. The maximum Gasteiger partial charge on any atom is 0.249 e. The van der Waals surface area contributed by atoms with E-state index in [1.165, 1.54) is 0 Å². The van der Waals surface area contributed by atoms with Crippen molar-refractivity contribution >= 4 is 45.9 Å². The van der Waals surface area contributed by atoms with Gasteiger partial charge in [0, 0.05) is 24.0 Å². The minimum Gasteiger partial charge on any atom is -0.436 e. The van der Waals surface area contributed by atoms with Gasteiger partial charge in [-0.3, -0.25) is 0 Å². The second-order valence-corrected chi connectivity index (χ2v) is 7.77. The first-order valence-corrected chi connectivity index (χ1v) is 9.85. The van der Waals surface area contributed by atoms with Crippen LogP contribution in [0.1, 0.15) is 16.7 Å². The monoisotopic (exact) mass is 437 g/mol. The Morgan fingerprint density at radius 2 is 1.73 bits per heavy atom. The third kappa shape index (κ3) is 3.78.